The fourth-order valence-corrected chi connectivity index (χ4v) is 4.28. The van der Waals surface area contributed by atoms with Gasteiger partial charge in [0.05, 0.1) is 5.56 Å². The zero-order valence-electron chi connectivity index (χ0n) is 19.8. The fraction of sp³-hybridized carbons (Fsp3) is 0.300. The molecule has 35 heavy (non-hydrogen) atoms. The minimum absolute atomic E-state index is 0.259. The number of alkyl halides is 3. The van der Waals surface area contributed by atoms with Crippen LogP contribution in [-0.4, -0.2) is 4.98 Å². The van der Waals surface area contributed by atoms with E-state index in [1.807, 2.05) is 30.5 Å². The van der Waals surface area contributed by atoms with Gasteiger partial charge in [-0.3, -0.25) is 4.98 Å². The van der Waals surface area contributed by atoms with Crippen LogP contribution in [0.1, 0.15) is 53.3 Å². The first-order chi connectivity index (χ1) is 16.8. The highest BCUT2D eigenvalue weighted by Gasteiger charge is 2.29. The van der Waals surface area contributed by atoms with Crippen molar-refractivity contribution in [2.75, 3.05) is 0 Å². The van der Waals surface area contributed by atoms with E-state index in [1.54, 1.807) is 6.07 Å². The maximum Gasteiger partial charge on any atom is 0.416 e. The summed E-state index contributed by atoms with van der Waals surface area (Å²) in [7, 11) is 0. The highest BCUT2D eigenvalue weighted by molar-refractivity contribution is 5.84. The Morgan fingerprint density at radius 2 is 1.43 bits per heavy atom. The zero-order valence-corrected chi connectivity index (χ0v) is 19.8. The van der Waals surface area contributed by atoms with E-state index in [9.17, 15) is 13.2 Å². The normalized spacial score (nSPS) is 11.8. The van der Waals surface area contributed by atoms with E-state index in [1.165, 1.54) is 30.5 Å². The number of halogens is 4. The molecule has 1 nitrogen and oxygen atoms in total. The Kier molecular flexibility index (Phi) is 7.84. The van der Waals surface area contributed by atoms with Crippen molar-refractivity contribution in [3.05, 3.63) is 112 Å². The molecule has 0 atom stereocenters. The molecule has 0 unspecified atom stereocenters. The third kappa shape index (κ3) is 6.47. The van der Waals surface area contributed by atoms with Gasteiger partial charge in [-0.15, -0.1) is 0 Å². The van der Waals surface area contributed by atoms with Gasteiger partial charge in [-0.1, -0.05) is 61.9 Å². The number of hydrogen-bond donors (Lipinski definition) is 0. The first-order valence-corrected chi connectivity index (χ1v) is 12.1. The Hall–Kier alpha value is -3.21. The Morgan fingerprint density at radius 3 is 2.11 bits per heavy atom. The molecule has 0 aliphatic heterocycles. The number of unbranched alkanes of at least 4 members (excludes halogenated alkanes) is 1. The third-order valence-electron chi connectivity index (χ3n) is 6.44. The van der Waals surface area contributed by atoms with Crippen LogP contribution < -0.4 is 0 Å². The van der Waals surface area contributed by atoms with E-state index in [0.717, 1.165) is 53.6 Å². The molecular formula is C30H29F4N. The summed E-state index contributed by atoms with van der Waals surface area (Å²) >= 11 is 0. The molecule has 1 heterocycles. The van der Waals surface area contributed by atoms with Gasteiger partial charge in [-0.05, 0) is 84.4 Å². The lowest BCUT2D eigenvalue weighted by Gasteiger charge is -2.10. The highest BCUT2D eigenvalue weighted by Crippen LogP contribution is 2.29. The van der Waals surface area contributed by atoms with Crippen molar-refractivity contribution in [1.82, 2.24) is 4.98 Å². The summed E-state index contributed by atoms with van der Waals surface area (Å²) in [5, 5.41) is 1.42. The monoisotopic (exact) mass is 479 g/mol. The molecule has 1 aromatic heterocycles. The Labute approximate surface area is 203 Å². The Morgan fingerprint density at radius 1 is 0.714 bits per heavy atom. The van der Waals surface area contributed by atoms with Crippen molar-refractivity contribution in [2.45, 2.75) is 58.0 Å². The molecule has 0 aliphatic rings. The lowest BCUT2D eigenvalue weighted by molar-refractivity contribution is -0.137. The standard InChI is InChI=1S/C30H29F4N/c1-2-3-4-23-9-17-27(35-20-23)16-8-22-10-18-28-25(19-22)13-12-24(29(28)31)11-5-21-6-14-26(15-7-21)30(32,33)34/h6-7,9-10,12-15,17-20H,2-5,8,11,16H2,1H3. The van der Waals surface area contributed by atoms with Gasteiger partial charge in [0.1, 0.15) is 5.82 Å². The van der Waals surface area contributed by atoms with Crippen LogP contribution in [0.15, 0.2) is 72.9 Å². The van der Waals surface area contributed by atoms with Crippen molar-refractivity contribution in [3.63, 3.8) is 0 Å². The molecule has 0 N–H and O–H groups in total. The highest BCUT2D eigenvalue weighted by atomic mass is 19.4. The maximum absolute atomic E-state index is 15.1. The number of rotatable bonds is 9. The van der Waals surface area contributed by atoms with Gasteiger partial charge in [-0.25, -0.2) is 4.39 Å². The van der Waals surface area contributed by atoms with Crippen molar-refractivity contribution < 1.29 is 17.6 Å². The number of benzene rings is 3. The van der Waals surface area contributed by atoms with E-state index >= 15 is 4.39 Å². The van der Waals surface area contributed by atoms with E-state index in [0.29, 0.717) is 23.8 Å². The number of fused-ring (bicyclic) bond motifs is 1. The Bertz CT molecular complexity index is 1260. The van der Waals surface area contributed by atoms with Crippen LogP contribution in [-0.2, 0) is 38.3 Å². The second-order valence-electron chi connectivity index (χ2n) is 9.05. The molecule has 0 spiro atoms. The molecule has 182 valence electrons. The van der Waals surface area contributed by atoms with E-state index in [-0.39, 0.29) is 5.82 Å². The molecule has 0 amide bonds. The first kappa shape index (κ1) is 24.9. The molecule has 0 fully saturated rings. The van der Waals surface area contributed by atoms with E-state index < -0.39 is 11.7 Å². The Balaban J connectivity index is 1.39. The van der Waals surface area contributed by atoms with Crippen LogP contribution >= 0.6 is 0 Å². The second-order valence-corrected chi connectivity index (χ2v) is 9.05. The van der Waals surface area contributed by atoms with Crippen molar-refractivity contribution in [3.8, 4) is 0 Å². The first-order valence-electron chi connectivity index (χ1n) is 12.1. The van der Waals surface area contributed by atoms with Gasteiger partial charge in [0.25, 0.3) is 0 Å². The summed E-state index contributed by atoms with van der Waals surface area (Å²) in [6.45, 7) is 2.18. The van der Waals surface area contributed by atoms with Gasteiger partial charge in [0.15, 0.2) is 0 Å². The summed E-state index contributed by atoms with van der Waals surface area (Å²) < 4.78 is 53.3. The SMILES string of the molecule is CCCCc1ccc(CCc2ccc3c(F)c(CCc4ccc(C(F)(F)F)cc4)ccc3c2)nc1. The summed E-state index contributed by atoms with van der Waals surface area (Å²) in [5.74, 6) is -0.259. The fourth-order valence-electron chi connectivity index (χ4n) is 4.28. The van der Waals surface area contributed by atoms with Gasteiger partial charge >= 0.3 is 6.18 Å². The van der Waals surface area contributed by atoms with Crippen LogP contribution in [0.3, 0.4) is 0 Å². The molecule has 0 aliphatic carbocycles. The average molecular weight is 480 g/mol. The summed E-state index contributed by atoms with van der Waals surface area (Å²) in [4.78, 5) is 4.58. The number of aryl methyl sites for hydroxylation is 5. The molecular weight excluding hydrogens is 450 g/mol. The van der Waals surface area contributed by atoms with Gasteiger partial charge in [0, 0.05) is 17.3 Å². The van der Waals surface area contributed by atoms with Crippen LogP contribution in [0, 0.1) is 5.82 Å². The van der Waals surface area contributed by atoms with Gasteiger partial charge in [-0.2, -0.15) is 13.2 Å². The number of pyridine rings is 1. The molecule has 4 aromatic rings. The smallest absolute Gasteiger partial charge is 0.261 e. The average Bonchev–Trinajstić information content (AvgIpc) is 2.86. The van der Waals surface area contributed by atoms with Crippen molar-refractivity contribution in [1.29, 1.82) is 0 Å². The summed E-state index contributed by atoms with van der Waals surface area (Å²) in [6, 6.07) is 18.8. The zero-order chi connectivity index (χ0) is 24.8. The van der Waals surface area contributed by atoms with Crippen LogP contribution in [0.5, 0.6) is 0 Å². The number of aromatic nitrogens is 1. The third-order valence-corrected chi connectivity index (χ3v) is 6.44. The number of hydrogen-bond acceptors (Lipinski definition) is 1. The predicted molar refractivity (Wildman–Crippen MR) is 133 cm³/mol. The lowest BCUT2D eigenvalue weighted by Crippen LogP contribution is -2.04. The molecule has 4 rings (SSSR count). The predicted octanol–water partition coefficient (Wildman–Crippen LogP) is 8.31. The minimum Gasteiger partial charge on any atom is -0.261 e. The second kappa shape index (κ2) is 11.0. The van der Waals surface area contributed by atoms with Gasteiger partial charge in [0.2, 0.25) is 0 Å². The van der Waals surface area contributed by atoms with Crippen molar-refractivity contribution in [2.24, 2.45) is 0 Å². The largest absolute Gasteiger partial charge is 0.416 e. The van der Waals surface area contributed by atoms with Gasteiger partial charge < -0.3 is 0 Å². The molecule has 0 bridgehead atoms. The quantitative estimate of drug-likeness (QED) is 0.220. The topological polar surface area (TPSA) is 12.9 Å². The minimum atomic E-state index is -4.35. The van der Waals surface area contributed by atoms with Crippen LogP contribution in [0.25, 0.3) is 10.8 Å². The molecule has 0 radical (unpaired) electrons. The number of nitrogens with zero attached hydrogens (tertiary/aromatic N) is 1. The molecule has 0 saturated carbocycles. The van der Waals surface area contributed by atoms with E-state index in [4.69, 9.17) is 0 Å². The van der Waals surface area contributed by atoms with Crippen molar-refractivity contribution >= 4 is 10.8 Å². The summed E-state index contributed by atoms with van der Waals surface area (Å²) in [5.41, 5.74) is 4.10. The maximum atomic E-state index is 15.1. The molecule has 5 heteroatoms. The summed E-state index contributed by atoms with van der Waals surface area (Å²) in [6.07, 6.45) is 3.58. The van der Waals surface area contributed by atoms with Crippen LogP contribution in [0.4, 0.5) is 17.6 Å². The van der Waals surface area contributed by atoms with E-state index in [2.05, 4.69) is 24.0 Å². The molecule has 0 saturated heterocycles. The lowest BCUT2D eigenvalue weighted by atomic mass is 9.97. The van der Waals surface area contributed by atoms with Crippen LogP contribution in [0.2, 0.25) is 0 Å². The molecule has 3 aromatic carbocycles.